The van der Waals surface area contributed by atoms with E-state index in [1.54, 1.807) is 47.2 Å². The number of aromatic amines is 1. The molecule has 2 heterocycles. The zero-order valence-corrected chi connectivity index (χ0v) is 18.9. The molecule has 0 aliphatic rings. The summed E-state index contributed by atoms with van der Waals surface area (Å²) in [6.45, 7) is 0. The van der Waals surface area contributed by atoms with Crippen LogP contribution in [0.4, 0.5) is 10.1 Å². The number of halogens is 1. The van der Waals surface area contributed by atoms with Crippen LogP contribution in [0, 0.1) is 5.82 Å². The predicted octanol–water partition coefficient (Wildman–Crippen LogP) is 5.08. The molecule has 5 rings (SSSR count). The number of amides is 1. The van der Waals surface area contributed by atoms with E-state index < -0.39 is 0 Å². The van der Waals surface area contributed by atoms with Crippen LogP contribution < -0.4 is 10.9 Å². The van der Waals surface area contributed by atoms with Crippen molar-refractivity contribution in [3.8, 4) is 28.2 Å². The highest BCUT2D eigenvalue weighted by Gasteiger charge is 2.11. The number of aromatic nitrogens is 4. The fourth-order valence-corrected chi connectivity index (χ4v) is 3.67. The van der Waals surface area contributed by atoms with Gasteiger partial charge in [-0.3, -0.25) is 9.59 Å². The molecule has 0 saturated heterocycles. The van der Waals surface area contributed by atoms with Gasteiger partial charge in [-0.05, 0) is 60.7 Å². The fourth-order valence-electron chi connectivity index (χ4n) is 3.67. The lowest BCUT2D eigenvalue weighted by atomic mass is 10.1. The molecule has 176 valence electrons. The van der Waals surface area contributed by atoms with Gasteiger partial charge in [-0.1, -0.05) is 30.3 Å². The number of carbonyl (C=O) groups is 1. The minimum Gasteiger partial charge on any atom is -0.322 e. The van der Waals surface area contributed by atoms with Crippen LogP contribution in [0.2, 0.25) is 0 Å². The number of anilines is 1. The molecule has 36 heavy (non-hydrogen) atoms. The summed E-state index contributed by atoms with van der Waals surface area (Å²) >= 11 is 0. The molecule has 0 aliphatic heterocycles. The van der Waals surface area contributed by atoms with Crippen LogP contribution in [-0.4, -0.2) is 25.9 Å². The van der Waals surface area contributed by atoms with Crippen molar-refractivity contribution >= 4 is 17.7 Å². The largest absolute Gasteiger partial charge is 0.322 e. The van der Waals surface area contributed by atoms with Gasteiger partial charge >= 0.3 is 0 Å². The first kappa shape index (κ1) is 22.7. The van der Waals surface area contributed by atoms with E-state index in [0.717, 1.165) is 16.8 Å². The molecule has 2 N–H and O–H groups in total. The average Bonchev–Trinajstić information content (AvgIpc) is 3.33. The Morgan fingerprint density at radius 2 is 1.72 bits per heavy atom. The first-order valence-corrected chi connectivity index (χ1v) is 11.1. The molecule has 0 spiro atoms. The van der Waals surface area contributed by atoms with Crippen LogP contribution >= 0.6 is 0 Å². The number of benzene rings is 3. The number of rotatable bonds is 6. The van der Waals surface area contributed by atoms with Crippen LogP contribution in [0.25, 0.3) is 34.3 Å². The summed E-state index contributed by atoms with van der Waals surface area (Å²) in [5.74, 6) is -0.670. The quantitative estimate of drug-likeness (QED) is 0.334. The highest BCUT2D eigenvalue weighted by molar-refractivity contribution is 6.02. The Bertz CT molecular complexity index is 1590. The first-order valence-electron chi connectivity index (χ1n) is 11.1. The average molecular weight is 477 g/mol. The van der Waals surface area contributed by atoms with E-state index in [2.05, 4.69) is 20.6 Å². The molecule has 0 fully saturated rings. The van der Waals surface area contributed by atoms with E-state index in [-0.39, 0.29) is 17.3 Å². The topological polar surface area (TPSA) is 92.7 Å². The summed E-state index contributed by atoms with van der Waals surface area (Å²) in [6, 6.07) is 25.8. The van der Waals surface area contributed by atoms with Crippen LogP contribution in [-0.2, 0) is 4.79 Å². The molecule has 0 aliphatic carbocycles. The standard InChI is InChI=1S/C28H20FN5O2/c29-22-12-9-19(10-13-22)28-21(18-34(33-28)24-7-2-1-3-8-24)11-15-26(35)30-23-6-4-5-20(17-23)25-14-16-27(36)32-31-25/h1-18H,(H,30,35)(H,32,36)/b15-11+. The van der Waals surface area contributed by atoms with Crippen molar-refractivity contribution in [3.63, 3.8) is 0 Å². The van der Waals surface area contributed by atoms with Crippen LogP contribution in [0.15, 0.2) is 108 Å². The number of para-hydroxylation sites is 1. The second-order valence-electron chi connectivity index (χ2n) is 7.93. The van der Waals surface area contributed by atoms with Gasteiger partial charge in [0.2, 0.25) is 5.91 Å². The Labute approximate surface area is 205 Å². The molecule has 5 aromatic rings. The van der Waals surface area contributed by atoms with Gasteiger partial charge in [0, 0.05) is 40.7 Å². The Balaban J connectivity index is 1.40. The van der Waals surface area contributed by atoms with Crippen LogP contribution in [0.1, 0.15) is 5.56 Å². The van der Waals surface area contributed by atoms with E-state index in [4.69, 9.17) is 0 Å². The van der Waals surface area contributed by atoms with Crippen molar-refractivity contribution in [1.29, 1.82) is 0 Å². The molecule has 0 bridgehead atoms. The minimum atomic E-state index is -0.336. The highest BCUT2D eigenvalue weighted by Crippen LogP contribution is 2.25. The zero-order chi connectivity index (χ0) is 24.9. The summed E-state index contributed by atoms with van der Waals surface area (Å²) < 4.78 is 15.2. The van der Waals surface area contributed by atoms with Crippen molar-refractivity contribution in [3.05, 3.63) is 125 Å². The molecule has 0 saturated carbocycles. The normalized spacial score (nSPS) is 11.0. The van der Waals surface area contributed by atoms with Crippen molar-refractivity contribution in [2.75, 3.05) is 5.32 Å². The molecule has 0 atom stereocenters. The summed E-state index contributed by atoms with van der Waals surface area (Å²) in [5.41, 5.74) is 4.53. The lowest BCUT2D eigenvalue weighted by molar-refractivity contribution is -0.111. The molecule has 0 unspecified atom stereocenters. The van der Waals surface area contributed by atoms with Gasteiger partial charge in [0.15, 0.2) is 0 Å². The summed E-state index contributed by atoms with van der Waals surface area (Å²) in [7, 11) is 0. The van der Waals surface area contributed by atoms with Crippen LogP contribution in [0.3, 0.4) is 0 Å². The van der Waals surface area contributed by atoms with Crippen LogP contribution in [0.5, 0.6) is 0 Å². The van der Waals surface area contributed by atoms with Gasteiger partial charge < -0.3 is 5.32 Å². The molecule has 3 aromatic carbocycles. The van der Waals surface area contributed by atoms with Crippen molar-refractivity contribution in [2.45, 2.75) is 0 Å². The Morgan fingerprint density at radius 1 is 0.917 bits per heavy atom. The second-order valence-corrected chi connectivity index (χ2v) is 7.93. The van der Waals surface area contributed by atoms with Gasteiger partial charge in [-0.2, -0.15) is 10.2 Å². The van der Waals surface area contributed by atoms with E-state index in [1.807, 2.05) is 42.6 Å². The number of H-pyrrole nitrogens is 1. The molecule has 7 nitrogen and oxygen atoms in total. The van der Waals surface area contributed by atoms with E-state index in [1.165, 1.54) is 24.3 Å². The molecule has 8 heteroatoms. The lowest BCUT2D eigenvalue weighted by Gasteiger charge is -2.05. The van der Waals surface area contributed by atoms with Gasteiger partial charge in [0.1, 0.15) is 5.82 Å². The van der Waals surface area contributed by atoms with E-state index >= 15 is 0 Å². The van der Waals surface area contributed by atoms with Crippen molar-refractivity contribution < 1.29 is 9.18 Å². The third-order valence-electron chi connectivity index (χ3n) is 5.40. The van der Waals surface area contributed by atoms with E-state index in [9.17, 15) is 14.0 Å². The number of nitrogens with one attached hydrogen (secondary N) is 2. The smallest absolute Gasteiger partial charge is 0.264 e. The monoisotopic (exact) mass is 477 g/mol. The molecule has 2 aromatic heterocycles. The van der Waals surface area contributed by atoms with Gasteiger partial charge in [0.05, 0.1) is 17.1 Å². The fraction of sp³-hybridized carbons (Fsp3) is 0. The third kappa shape index (κ3) is 5.18. The minimum absolute atomic E-state index is 0.288. The Hall–Kier alpha value is -5.11. The number of hydrogen-bond donors (Lipinski definition) is 2. The second kappa shape index (κ2) is 10.0. The highest BCUT2D eigenvalue weighted by atomic mass is 19.1. The lowest BCUT2D eigenvalue weighted by Crippen LogP contribution is -2.08. The summed E-state index contributed by atoms with van der Waals surface area (Å²) in [6.07, 6.45) is 4.92. The Kier molecular flexibility index (Phi) is 6.31. The maximum absolute atomic E-state index is 13.5. The summed E-state index contributed by atoms with van der Waals surface area (Å²) in [4.78, 5) is 24.0. The Morgan fingerprint density at radius 3 is 2.47 bits per heavy atom. The zero-order valence-electron chi connectivity index (χ0n) is 18.9. The maximum atomic E-state index is 13.5. The maximum Gasteiger partial charge on any atom is 0.264 e. The molecule has 0 radical (unpaired) electrons. The van der Waals surface area contributed by atoms with Gasteiger partial charge in [-0.15, -0.1) is 0 Å². The van der Waals surface area contributed by atoms with Crippen molar-refractivity contribution in [2.24, 2.45) is 0 Å². The molecular weight excluding hydrogens is 457 g/mol. The number of hydrogen-bond acceptors (Lipinski definition) is 4. The van der Waals surface area contributed by atoms with Gasteiger partial charge in [-0.25, -0.2) is 14.2 Å². The number of carbonyl (C=O) groups excluding carboxylic acids is 1. The molecule has 1 amide bonds. The third-order valence-corrected chi connectivity index (χ3v) is 5.40. The molecular formula is C28H20FN5O2. The number of nitrogens with zero attached hydrogens (tertiary/aromatic N) is 3. The van der Waals surface area contributed by atoms with Crippen molar-refractivity contribution in [1.82, 2.24) is 20.0 Å². The van der Waals surface area contributed by atoms with E-state index in [0.29, 0.717) is 22.6 Å². The SMILES string of the molecule is O=C(/C=C/c1cn(-c2ccccc2)nc1-c1ccc(F)cc1)Nc1cccc(-c2ccc(=O)[nH]n2)c1. The summed E-state index contributed by atoms with van der Waals surface area (Å²) in [5, 5.41) is 13.9. The predicted molar refractivity (Wildman–Crippen MR) is 137 cm³/mol. The van der Waals surface area contributed by atoms with Gasteiger partial charge in [0.25, 0.3) is 5.56 Å². The first-order chi connectivity index (χ1) is 17.5.